The molecule has 0 bridgehead atoms. The Balaban J connectivity index is 1.85. The smallest absolute Gasteiger partial charge is 0.289 e. The summed E-state index contributed by atoms with van der Waals surface area (Å²) < 4.78 is 34.9. The van der Waals surface area contributed by atoms with Crippen molar-refractivity contribution in [1.29, 1.82) is 5.26 Å². The van der Waals surface area contributed by atoms with E-state index < -0.39 is 25.5 Å². The summed E-state index contributed by atoms with van der Waals surface area (Å²) in [5.74, 6) is 0.558. The molecular formula is C21H15ClN6O5S. The second kappa shape index (κ2) is 8.62. The van der Waals surface area contributed by atoms with Gasteiger partial charge in [-0.3, -0.25) is 14.8 Å². The maximum atomic E-state index is 13.0. The van der Waals surface area contributed by atoms with Crippen LogP contribution in [0.4, 0.5) is 11.5 Å². The van der Waals surface area contributed by atoms with Crippen molar-refractivity contribution in [2.24, 2.45) is 0 Å². The molecule has 13 heteroatoms. The fourth-order valence-electron chi connectivity index (χ4n) is 3.34. The lowest BCUT2D eigenvalue weighted by atomic mass is 10.1. The van der Waals surface area contributed by atoms with Crippen LogP contribution in [0, 0.1) is 28.4 Å². The Morgan fingerprint density at radius 1 is 1.26 bits per heavy atom. The Hall–Kier alpha value is -4.21. The summed E-state index contributed by atoms with van der Waals surface area (Å²) in [5.41, 5.74) is 0.690. The maximum Gasteiger partial charge on any atom is 0.289 e. The predicted octanol–water partition coefficient (Wildman–Crippen LogP) is 3.97. The third-order valence-corrected chi connectivity index (χ3v) is 6.63. The van der Waals surface area contributed by atoms with Crippen LogP contribution in [0.5, 0.6) is 5.75 Å². The molecule has 0 spiro atoms. The van der Waals surface area contributed by atoms with Gasteiger partial charge in [-0.1, -0.05) is 23.7 Å². The van der Waals surface area contributed by atoms with Crippen LogP contribution in [0.15, 0.2) is 53.6 Å². The molecule has 0 aliphatic carbocycles. The molecule has 0 unspecified atom stereocenters. The van der Waals surface area contributed by atoms with Crippen molar-refractivity contribution in [3.63, 3.8) is 0 Å². The number of hydrogen-bond acceptors (Lipinski definition) is 8. The highest BCUT2D eigenvalue weighted by Crippen LogP contribution is 2.31. The van der Waals surface area contributed by atoms with Crippen molar-refractivity contribution < 1.29 is 18.1 Å². The molecule has 11 nitrogen and oxygen atoms in total. The van der Waals surface area contributed by atoms with E-state index in [1.54, 1.807) is 12.1 Å². The largest absolute Gasteiger partial charge is 0.494 e. The van der Waals surface area contributed by atoms with E-state index in [1.165, 1.54) is 18.0 Å². The third-order valence-electron chi connectivity index (χ3n) is 4.98. The molecule has 0 saturated heterocycles. The molecule has 34 heavy (non-hydrogen) atoms. The number of halogens is 1. The molecule has 2 heterocycles. The van der Waals surface area contributed by atoms with E-state index in [4.69, 9.17) is 16.3 Å². The Kier molecular flexibility index (Phi) is 5.82. The lowest BCUT2D eigenvalue weighted by Gasteiger charge is -2.13. The number of anilines is 1. The Bertz CT molecular complexity index is 1610. The Morgan fingerprint density at radius 2 is 2.03 bits per heavy atom. The van der Waals surface area contributed by atoms with Crippen LogP contribution in [-0.4, -0.2) is 35.2 Å². The summed E-state index contributed by atoms with van der Waals surface area (Å²) in [6.07, 6.45) is 1.19. The van der Waals surface area contributed by atoms with Crippen molar-refractivity contribution in [2.45, 2.75) is 11.8 Å². The number of nitrogens with one attached hydrogen (secondary N) is 1. The standard InChI is InChI=1S/C21H15ClN6O5S/c1-12-8-19(25-20-15(12)4-3-5-18(20)33-2)27-21(13(10-23)11-24-27)26-34(31,32)14-6-7-16(22)17(9-14)28(29)30/h3-9,11,26H,1-2H3. The average molecular weight is 499 g/mol. The molecule has 0 atom stereocenters. The quantitative estimate of drug-likeness (QED) is 0.309. The topological polar surface area (TPSA) is 153 Å². The molecule has 4 rings (SSSR count). The number of ether oxygens (including phenoxy) is 1. The molecule has 0 aliphatic heterocycles. The fraction of sp³-hybridized carbons (Fsp3) is 0.0952. The first-order valence-electron chi connectivity index (χ1n) is 9.56. The maximum absolute atomic E-state index is 13.0. The molecule has 2 aromatic carbocycles. The monoisotopic (exact) mass is 498 g/mol. The number of sulfonamides is 1. The van der Waals surface area contributed by atoms with E-state index in [9.17, 15) is 23.8 Å². The van der Waals surface area contributed by atoms with Gasteiger partial charge in [-0.05, 0) is 36.8 Å². The fourth-order valence-corrected chi connectivity index (χ4v) is 4.60. The van der Waals surface area contributed by atoms with E-state index >= 15 is 0 Å². The van der Waals surface area contributed by atoms with Crippen LogP contribution in [0.1, 0.15) is 11.1 Å². The van der Waals surface area contributed by atoms with Gasteiger partial charge < -0.3 is 4.74 Å². The zero-order valence-corrected chi connectivity index (χ0v) is 19.3. The van der Waals surface area contributed by atoms with Gasteiger partial charge in [0.15, 0.2) is 11.6 Å². The minimum Gasteiger partial charge on any atom is -0.494 e. The lowest BCUT2D eigenvalue weighted by Crippen LogP contribution is -2.17. The molecule has 0 radical (unpaired) electrons. The Labute approximate surface area is 198 Å². The number of benzene rings is 2. The van der Waals surface area contributed by atoms with Crippen molar-refractivity contribution in [3.05, 3.63) is 74.9 Å². The van der Waals surface area contributed by atoms with Crippen molar-refractivity contribution in [3.8, 4) is 17.6 Å². The summed E-state index contributed by atoms with van der Waals surface area (Å²) in [7, 11) is -2.86. The average Bonchev–Trinajstić information content (AvgIpc) is 3.20. The summed E-state index contributed by atoms with van der Waals surface area (Å²) in [6.45, 7) is 1.85. The highest BCUT2D eigenvalue weighted by atomic mass is 35.5. The number of hydrogen-bond donors (Lipinski definition) is 1. The second-order valence-corrected chi connectivity index (χ2v) is 9.15. The number of pyridine rings is 1. The predicted molar refractivity (Wildman–Crippen MR) is 124 cm³/mol. The van der Waals surface area contributed by atoms with E-state index in [-0.39, 0.29) is 22.2 Å². The molecule has 1 N–H and O–H groups in total. The number of aryl methyl sites for hydroxylation is 1. The van der Waals surface area contributed by atoms with E-state index in [2.05, 4.69) is 14.8 Å². The van der Waals surface area contributed by atoms with Crippen LogP contribution < -0.4 is 9.46 Å². The number of nitrogens with zero attached hydrogens (tertiary/aromatic N) is 5. The van der Waals surface area contributed by atoms with Crippen molar-refractivity contribution >= 4 is 44.0 Å². The molecule has 2 aromatic heterocycles. The van der Waals surface area contributed by atoms with Gasteiger partial charge in [0.1, 0.15) is 27.9 Å². The molecule has 0 amide bonds. The Morgan fingerprint density at radius 3 is 2.71 bits per heavy atom. The minimum absolute atomic E-state index is 0.0772. The number of methoxy groups -OCH3 is 1. The highest BCUT2D eigenvalue weighted by Gasteiger charge is 2.25. The van der Waals surface area contributed by atoms with E-state index in [1.807, 2.05) is 25.1 Å². The number of aromatic nitrogens is 3. The molecule has 0 saturated carbocycles. The van der Waals surface area contributed by atoms with E-state index in [0.29, 0.717) is 11.3 Å². The van der Waals surface area contributed by atoms with Crippen LogP contribution in [0.3, 0.4) is 0 Å². The summed E-state index contributed by atoms with van der Waals surface area (Å²) in [6, 6.07) is 12.0. The zero-order valence-electron chi connectivity index (χ0n) is 17.7. The molecular weight excluding hydrogens is 484 g/mol. The first-order chi connectivity index (χ1) is 16.2. The minimum atomic E-state index is -4.36. The normalized spacial score (nSPS) is 11.2. The number of fused-ring (bicyclic) bond motifs is 1. The first kappa shape index (κ1) is 23.0. The molecule has 172 valence electrons. The van der Waals surface area contributed by atoms with Gasteiger partial charge in [0.25, 0.3) is 15.7 Å². The van der Waals surface area contributed by atoms with Gasteiger partial charge in [0, 0.05) is 11.5 Å². The van der Waals surface area contributed by atoms with Gasteiger partial charge in [0.2, 0.25) is 0 Å². The molecule has 0 fully saturated rings. The number of para-hydroxylation sites is 1. The number of nitro benzene ring substituents is 1. The van der Waals surface area contributed by atoms with Gasteiger partial charge in [0.05, 0.1) is 23.1 Å². The number of rotatable bonds is 6. The van der Waals surface area contributed by atoms with Gasteiger partial charge in [-0.2, -0.15) is 15.0 Å². The van der Waals surface area contributed by atoms with Crippen LogP contribution in [-0.2, 0) is 10.0 Å². The molecule has 4 aromatic rings. The molecule has 0 aliphatic rings. The summed E-state index contributed by atoms with van der Waals surface area (Å²) in [5, 5.41) is 25.4. The van der Waals surface area contributed by atoms with Crippen LogP contribution in [0.2, 0.25) is 5.02 Å². The van der Waals surface area contributed by atoms with Gasteiger partial charge in [-0.25, -0.2) is 13.4 Å². The lowest BCUT2D eigenvalue weighted by molar-refractivity contribution is -0.384. The number of nitriles is 1. The van der Waals surface area contributed by atoms with Gasteiger partial charge in [-0.15, -0.1) is 0 Å². The van der Waals surface area contributed by atoms with Crippen LogP contribution >= 0.6 is 11.6 Å². The number of nitro groups is 1. The second-order valence-electron chi connectivity index (χ2n) is 7.06. The SMILES string of the molecule is COc1cccc2c(C)cc(-n3ncc(C#N)c3NS(=O)(=O)c3ccc(Cl)c([N+](=O)[O-])c3)nc12. The first-order valence-corrected chi connectivity index (χ1v) is 11.4. The zero-order chi connectivity index (χ0) is 24.6. The van der Waals surface area contributed by atoms with Crippen LogP contribution in [0.25, 0.3) is 16.7 Å². The summed E-state index contributed by atoms with van der Waals surface area (Å²) in [4.78, 5) is 14.5. The van der Waals surface area contributed by atoms with Crippen molar-refractivity contribution in [1.82, 2.24) is 14.8 Å². The van der Waals surface area contributed by atoms with Gasteiger partial charge >= 0.3 is 0 Å². The third kappa shape index (κ3) is 3.98. The van der Waals surface area contributed by atoms with Crippen molar-refractivity contribution in [2.75, 3.05) is 11.8 Å². The highest BCUT2D eigenvalue weighted by molar-refractivity contribution is 7.92. The van der Waals surface area contributed by atoms with E-state index in [0.717, 1.165) is 29.1 Å². The summed E-state index contributed by atoms with van der Waals surface area (Å²) >= 11 is 5.79.